The van der Waals surface area contributed by atoms with E-state index < -0.39 is 0 Å². The molecule has 0 saturated heterocycles. The molecule has 3 aromatic rings. The highest BCUT2D eigenvalue weighted by atomic mass is 15.3. The Labute approximate surface area is 107 Å². The van der Waals surface area contributed by atoms with E-state index >= 15 is 0 Å². The number of nitrogens with zero attached hydrogens (tertiary/aromatic N) is 5. The van der Waals surface area contributed by atoms with E-state index in [-0.39, 0.29) is 0 Å². The molecule has 0 radical (unpaired) electrons. The van der Waals surface area contributed by atoms with Crippen molar-refractivity contribution in [1.29, 1.82) is 0 Å². The molecule has 0 spiro atoms. The molecular weight excluding hydrogens is 246 g/mol. The van der Waals surface area contributed by atoms with Crippen molar-refractivity contribution in [2.24, 2.45) is 5.84 Å². The second kappa shape index (κ2) is 4.82. The van der Waals surface area contributed by atoms with E-state index in [2.05, 4.69) is 41.1 Å². The van der Waals surface area contributed by atoms with Crippen molar-refractivity contribution in [2.75, 3.05) is 10.7 Å². The van der Waals surface area contributed by atoms with Crippen molar-refractivity contribution in [3.63, 3.8) is 0 Å². The Morgan fingerprint density at radius 3 is 3.05 bits per heavy atom. The van der Waals surface area contributed by atoms with Gasteiger partial charge in [-0.2, -0.15) is 25.3 Å². The molecule has 0 amide bonds. The van der Waals surface area contributed by atoms with E-state index in [0.29, 0.717) is 24.0 Å². The first-order valence-corrected chi connectivity index (χ1v) is 5.55. The highest BCUT2D eigenvalue weighted by Crippen LogP contribution is 2.19. The number of rotatable bonds is 4. The number of aromatic amines is 1. The first kappa shape index (κ1) is 11.3. The van der Waals surface area contributed by atoms with Crippen LogP contribution in [0.2, 0.25) is 0 Å². The molecule has 3 heterocycles. The van der Waals surface area contributed by atoms with E-state index in [1.54, 1.807) is 12.4 Å². The second-order valence-electron chi connectivity index (χ2n) is 3.74. The Kier molecular flexibility index (Phi) is 2.86. The third kappa shape index (κ3) is 2.26. The van der Waals surface area contributed by atoms with Crippen molar-refractivity contribution in [3.05, 3.63) is 30.2 Å². The molecule has 0 fully saturated rings. The summed E-state index contributed by atoms with van der Waals surface area (Å²) >= 11 is 0. The summed E-state index contributed by atoms with van der Waals surface area (Å²) in [4.78, 5) is 8.38. The number of nitrogens with one attached hydrogen (secondary N) is 3. The standard InChI is InChI=1S/C10H11N9/c11-17-10-15-8(7-5-14-19-9(7)16-10)12-4-6-2-1-3-13-18-6/h1-3,5H,4,11H2,(H3,12,14,15,16,17,19). The molecule has 5 N–H and O–H groups in total. The van der Waals surface area contributed by atoms with Crippen molar-refractivity contribution in [1.82, 2.24) is 30.4 Å². The number of nitrogen functional groups attached to an aromatic ring is 1. The average Bonchev–Trinajstić information content (AvgIpc) is 2.94. The Morgan fingerprint density at radius 2 is 2.26 bits per heavy atom. The van der Waals surface area contributed by atoms with Gasteiger partial charge in [-0.1, -0.05) is 0 Å². The maximum absolute atomic E-state index is 5.33. The molecule has 3 aromatic heterocycles. The number of hydrogen-bond donors (Lipinski definition) is 4. The number of nitrogens with two attached hydrogens (primary N) is 1. The van der Waals surface area contributed by atoms with Crippen LogP contribution in [0.25, 0.3) is 11.0 Å². The van der Waals surface area contributed by atoms with Crippen LogP contribution in [-0.2, 0) is 6.54 Å². The van der Waals surface area contributed by atoms with Gasteiger partial charge in [0.15, 0.2) is 5.65 Å². The molecule has 96 valence electrons. The summed E-state index contributed by atoms with van der Waals surface area (Å²) in [6.07, 6.45) is 3.27. The van der Waals surface area contributed by atoms with Gasteiger partial charge >= 0.3 is 0 Å². The summed E-state index contributed by atoms with van der Waals surface area (Å²) in [6.45, 7) is 0.495. The van der Waals surface area contributed by atoms with Crippen molar-refractivity contribution in [2.45, 2.75) is 6.54 Å². The minimum atomic E-state index is 0.304. The lowest BCUT2D eigenvalue weighted by molar-refractivity contribution is 0.921. The smallest absolute Gasteiger partial charge is 0.241 e. The third-order valence-electron chi connectivity index (χ3n) is 2.50. The Morgan fingerprint density at radius 1 is 1.32 bits per heavy atom. The lowest BCUT2D eigenvalue weighted by atomic mass is 10.3. The zero-order valence-electron chi connectivity index (χ0n) is 9.83. The van der Waals surface area contributed by atoms with Gasteiger partial charge in [-0.3, -0.25) is 10.5 Å². The number of aromatic nitrogens is 6. The number of anilines is 2. The molecule has 19 heavy (non-hydrogen) atoms. The Bertz CT molecular complexity index is 678. The van der Waals surface area contributed by atoms with Gasteiger partial charge in [0.05, 0.1) is 23.8 Å². The van der Waals surface area contributed by atoms with Crippen LogP contribution in [0.5, 0.6) is 0 Å². The highest BCUT2D eigenvalue weighted by molar-refractivity contribution is 5.86. The fourth-order valence-electron chi connectivity index (χ4n) is 1.64. The monoisotopic (exact) mass is 257 g/mol. The molecule has 0 unspecified atom stereocenters. The normalized spacial score (nSPS) is 10.6. The van der Waals surface area contributed by atoms with Crippen molar-refractivity contribution >= 4 is 22.8 Å². The van der Waals surface area contributed by atoms with Gasteiger partial charge in [0.2, 0.25) is 5.95 Å². The van der Waals surface area contributed by atoms with Crippen LogP contribution in [0.1, 0.15) is 5.69 Å². The summed E-state index contributed by atoms with van der Waals surface area (Å²) < 4.78 is 0. The quantitative estimate of drug-likeness (QED) is 0.380. The molecular formula is C10H11N9. The summed E-state index contributed by atoms with van der Waals surface area (Å²) in [5, 5.41) is 18.4. The minimum absolute atomic E-state index is 0.304. The van der Waals surface area contributed by atoms with E-state index in [0.717, 1.165) is 11.1 Å². The zero-order chi connectivity index (χ0) is 13.1. The first-order valence-electron chi connectivity index (χ1n) is 5.55. The second-order valence-corrected chi connectivity index (χ2v) is 3.74. The maximum Gasteiger partial charge on any atom is 0.241 e. The van der Waals surface area contributed by atoms with E-state index in [9.17, 15) is 0 Å². The minimum Gasteiger partial charge on any atom is -0.364 e. The van der Waals surface area contributed by atoms with Crippen LogP contribution < -0.4 is 16.6 Å². The van der Waals surface area contributed by atoms with Crippen LogP contribution in [0.15, 0.2) is 24.5 Å². The summed E-state index contributed by atoms with van der Waals surface area (Å²) in [6, 6.07) is 3.69. The molecule has 0 aliphatic rings. The van der Waals surface area contributed by atoms with Crippen LogP contribution >= 0.6 is 0 Å². The number of hydrazine groups is 1. The fraction of sp³-hybridized carbons (Fsp3) is 0.100. The van der Waals surface area contributed by atoms with E-state index in [1.807, 2.05) is 12.1 Å². The molecule has 0 aromatic carbocycles. The number of H-pyrrole nitrogens is 1. The van der Waals surface area contributed by atoms with Gasteiger partial charge in [0, 0.05) is 6.20 Å². The largest absolute Gasteiger partial charge is 0.364 e. The zero-order valence-corrected chi connectivity index (χ0v) is 9.83. The molecule has 0 aliphatic carbocycles. The summed E-state index contributed by atoms with van der Waals surface area (Å²) in [5.41, 5.74) is 3.82. The van der Waals surface area contributed by atoms with Crippen molar-refractivity contribution < 1.29 is 0 Å². The van der Waals surface area contributed by atoms with Crippen LogP contribution in [0.3, 0.4) is 0 Å². The predicted octanol–water partition coefficient (Wildman–Crippen LogP) is 0.0406. The molecule has 0 atom stereocenters. The Balaban J connectivity index is 1.89. The van der Waals surface area contributed by atoms with Crippen LogP contribution in [0.4, 0.5) is 11.8 Å². The molecule has 0 saturated carbocycles. The molecule has 9 nitrogen and oxygen atoms in total. The van der Waals surface area contributed by atoms with Crippen LogP contribution in [0, 0.1) is 0 Å². The SMILES string of the molecule is NNc1nc(NCc2cccnn2)c2cn[nH]c2n1. The van der Waals surface area contributed by atoms with Gasteiger partial charge in [-0.05, 0) is 12.1 Å². The number of fused-ring (bicyclic) bond motifs is 1. The molecule has 9 heteroatoms. The lowest BCUT2D eigenvalue weighted by Crippen LogP contribution is -2.12. The van der Waals surface area contributed by atoms with Crippen molar-refractivity contribution in [3.8, 4) is 0 Å². The summed E-state index contributed by atoms with van der Waals surface area (Å²) in [5.74, 6) is 6.25. The lowest BCUT2D eigenvalue weighted by Gasteiger charge is -2.07. The van der Waals surface area contributed by atoms with Gasteiger partial charge in [0.1, 0.15) is 5.82 Å². The van der Waals surface area contributed by atoms with Gasteiger partial charge in [-0.15, -0.1) is 0 Å². The fourth-order valence-corrected chi connectivity index (χ4v) is 1.64. The molecule has 3 rings (SSSR count). The van der Waals surface area contributed by atoms with Gasteiger partial charge in [0.25, 0.3) is 0 Å². The van der Waals surface area contributed by atoms with E-state index in [1.165, 1.54) is 0 Å². The molecule has 0 aliphatic heterocycles. The van der Waals surface area contributed by atoms with Gasteiger partial charge < -0.3 is 5.32 Å². The van der Waals surface area contributed by atoms with E-state index in [4.69, 9.17) is 5.84 Å². The number of hydrogen-bond acceptors (Lipinski definition) is 8. The average molecular weight is 257 g/mol. The summed E-state index contributed by atoms with van der Waals surface area (Å²) in [7, 11) is 0. The van der Waals surface area contributed by atoms with Gasteiger partial charge in [-0.25, -0.2) is 5.84 Å². The highest BCUT2D eigenvalue weighted by Gasteiger charge is 2.08. The molecule has 0 bridgehead atoms. The predicted molar refractivity (Wildman–Crippen MR) is 68.9 cm³/mol. The Hall–Kier alpha value is -2.81. The maximum atomic E-state index is 5.33. The topological polar surface area (TPSA) is 130 Å². The third-order valence-corrected chi connectivity index (χ3v) is 2.50. The van der Waals surface area contributed by atoms with Crippen LogP contribution in [-0.4, -0.2) is 30.4 Å². The first-order chi connectivity index (χ1) is 9.36.